The van der Waals surface area contributed by atoms with Crippen LogP contribution in [0.25, 0.3) is 0 Å². The molecule has 3 N–H and O–H groups in total. The van der Waals surface area contributed by atoms with E-state index in [-0.39, 0.29) is 18.6 Å². The number of aliphatic hydroxyl groups excluding tert-OH is 1. The maximum atomic E-state index is 11.1. The lowest BCUT2D eigenvalue weighted by Gasteiger charge is -2.36. The number of likely N-dealkylation sites (tertiary alicyclic amines) is 1. The molecule has 0 aromatic heterocycles. The van der Waals surface area contributed by atoms with E-state index in [9.17, 15) is 4.79 Å². The summed E-state index contributed by atoms with van der Waals surface area (Å²) in [4.78, 5) is 12.8. The molecule has 0 aromatic rings. The molecule has 2 atom stereocenters. The van der Waals surface area contributed by atoms with Crippen molar-refractivity contribution in [3.05, 3.63) is 0 Å². The van der Waals surface area contributed by atoms with Crippen LogP contribution in [0.15, 0.2) is 0 Å². The molecule has 0 bridgehead atoms. The van der Waals surface area contributed by atoms with Crippen molar-refractivity contribution >= 4 is 5.91 Å². The number of nitrogens with two attached hydrogens (primary N) is 1. The number of hydrogen-bond donors (Lipinski definition) is 2. The Bertz CT molecular complexity index is 184. The Morgan fingerprint density at radius 3 is 2.92 bits per heavy atom. The van der Waals surface area contributed by atoms with Crippen molar-refractivity contribution in [2.24, 2.45) is 11.7 Å². The van der Waals surface area contributed by atoms with Gasteiger partial charge in [0, 0.05) is 19.7 Å². The molecule has 1 saturated heterocycles. The van der Waals surface area contributed by atoms with Gasteiger partial charge in [-0.25, -0.2) is 0 Å². The van der Waals surface area contributed by atoms with Crippen LogP contribution in [0.1, 0.15) is 19.8 Å². The molecule has 13 heavy (non-hydrogen) atoms. The highest BCUT2D eigenvalue weighted by Crippen LogP contribution is 2.11. The van der Waals surface area contributed by atoms with Crippen molar-refractivity contribution in [2.45, 2.75) is 25.8 Å². The number of aliphatic hydroxyl groups is 1. The highest BCUT2D eigenvalue weighted by molar-refractivity contribution is 5.87. The Balaban J connectivity index is 2.04. The van der Waals surface area contributed by atoms with Crippen molar-refractivity contribution in [3.8, 4) is 0 Å². The van der Waals surface area contributed by atoms with E-state index in [1.54, 1.807) is 4.90 Å². The standard InChI is InChI=1S/C9H18N2O2/c1-7(6-12)3-2-4-11-5-8(10)9(11)13/h7-8,12H,2-6,10H2,1H3. The Morgan fingerprint density at radius 2 is 2.46 bits per heavy atom. The molecule has 1 aliphatic rings. The smallest absolute Gasteiger partial charge is 0.241 e. The summed E-state index contributed by atoms with van der Waals surface area (Å²) in [7, 11) is 0. The third kappa shape index (κ3) is 2.67. The Labute approximate surface area is 78.7 Å². The molecule has 0 spiro atoms. The zero-order valence-corrected chi connectivity index (χ0v) is 8.07. The van der Waals surface area contributed by atoms with E-state index < -0.39 is 0 Å². The predicted molar refractivity (Wildman–Crippen MR) is 50.0 cm³/mol. The summed E-state index contributed by atoms with van der Waals surface area (Å²) in [6.45, 7) is 3.72. The maximum Gasteiger partial charge on any atom is 0.241 e. The van der Waals surface area contributed by atoms with Gasteiger partial charge in [-0.05, 0) is 18.8 Å². The first-order valence-electron chi connectivity index (χ1n) is 4.80. The average Bonchev–Trinajstić information content (AvgIpc) is 2.15. The summed E-state index contributed by atoms with van der Waals surface area (Å²) < 4.78 is 0. The first-order valence-corrected chi connectivity index (χ1v) is 4.80. The summed E-state index contributed by atoms with van der Waals surface area (Å²) in [5.41, 5.74) is 5.44. The van der Waals surface area contributed by atoms with Gasteiger partial charge in [0.25, 0.3) is 0 Å². The maximum absolute atomic E-state index is 11.1. The zero-order valence-electron chi connectivity index (χ0n) is 8.07. The fraction of sp³-hybridized carbons (Fsp3) is 0.889. The fourth-order valence-corrected chi connectivity index (χ4v) is 1.45. The van der Waals surface area contributed by atoms with E-state index in [4.69, 9.17) is 10.8 Å². The van der Waals surface area contributed by atoms with Crippen molar-refractivity contribution in [1.82, 2.24) is 4.90 Å². The predicted octanol–water partition coefficient (Wildman–Crippen LogP) is -0.435. The minimum atomic E-state index is -0.254. The van der Waals surface area contributed by atoms with Gasteiger partial charge in [0.2, 0.25) is 5.91 Å². The van der Waals surface area contributed by atoms with Crippen molar-refractivity contribution in [1.29, 1.82) is 0 Å². The third-order valence-corrected chi connectivity index (χ3v) is 2.48. The minimum Gasteiger partial charge on any atom is -0.396 e. The zero-order chi connectivity index (χ0) is 9.84. The molecule has 1 heterocycles. The SMILES string of the molecule is CC(CO)CCCN1CC(N)C1=O. The molecule has 1 amide bonds. The van der Waals surface area contributed by atoms with E-state index in [1.807, 2.05) is 6.92 Å². The van der Waals surface area contributed by atoms with E-state index in [0.29, 0.717) is 12.5 Å². The number of β-lactam (4-membered cyclic amide) rings is 1. The van der Waals surface area contributed by atoms with Crippen LogP contribution in [0.4, 0.5) is 0 Å². The largest absolute Gasteiger partial charge is 0.396 e. The molecular formula is C9H18N2O2. The number of hydrogen-bond acceptors (Lipinski definition) is 3. The van der Waals surface area contributed by atoms with Gasteiger partial charge in [-0.2, -0.15) is 0 Å². The molecule has 4 heteroatoms. The highest BCUT2D eigenvalue weighted by atomic mass is 16.3. The molecule has 0 radical (unpaired) electrons. The minimum absolute atomic E-state index is 0.0663. The first-order chi connectivity index (χ1) is 6.15. The molecule has 2 unspecified atom stereocenters. The fourth-order valence-electron chi connectivity index (χ4n) is 1.45. The van der Waals surface area contributed by atoms with Gasteiger partial charge in [0.05, 0.1) is 0 Å². The number of carbonyl (C=O) groups excluding carboxylic acids is 1. The number of carbonyl (C=O) groups is 1. The van der Waals surface area contributed by atoms with Crippen LogP contribution in [0.3, 0.4) is 0 Å². The summed E-state index contributed by atoms with van der Waals surface area (Å²) in [6, 6.07) is -0.254. The first kappa shape index (κ1) is 10.5. The van der Waals surface area contributed by atoms with Crippen LogP contribution >= 0.6 is 0 Å². The number of amides is 1. The molecule has 1 fully saturated rings. The second-order valence-electron chi connectivity index (χ2n) is 3.82. The second kappa shape index (κ2) is 4.58. The Kier molecular flexibility index (Phi) is 3.69. The summed E-state index contributed by atoms with van der Waals surface area (Å²) in [5.74, 6) is 0.404. The molecule has 1 aliphatic heterocycles. The topological polar surface area (TPSA) is 66.6 Å². The van der Waals surface area contributed by atoms with Gasteiger partial charge in [-0.3, -0.25) is 4.79 Å². The van der Waals surface area contributed by atoms with Crippen LogP contribution in [0, 0.1) is 5.92 Å². The van der Waals surface area contributed by atoms with E-state index >= 15 is 0 Å². The van der Waals surface area contributed by atoms with Gasteiger partial charge < -0.3 is 15.7 Å². The monoisotopic (exact) mass is 186 g/mol. The lowest BCUT2D eigenvalue weighted by atomic mass is 10.0. The summed E-state index contributed by atoms with van der Waals surface area (Å²) >= 11 is 0. The highest BCUT2D eigenvalue weighted by Gasteiger charge is 2.32. The Hall–Kier alpha value is -0.610. The quantitative estimate of drug-likeness (QED) is 0.572. The summed E-state index contributed by atoms with van der Waals surface area (Å²) in [5, 5.41) is 8.76. The van der Waals surface area contributed by atoms with Crippen LogP contribution in [0.2, 0.25) is 0 Å². The Morgan fingerprint density at radius 1 is 1.77 bits per heavy atom. The van der Waals surface area contributed by atoms with Gasteiger partial charge >= 0.3 is 0 Å². The van der Waals surface area contributed by atoms with Gasteiger partial charge in [0.1, 0.15) is 6.04 Å². The normalized spacial score (nSPS) is 24.4. The molecular weight excluding hydrogens is 168 g/mol. The lowest BCUT2D eigenvalue weighted by molar-refractivity contribution is -0.142. The number of nitrogens with zero attached hydrogens (tertiary/aromatic N) is 1. The molecule has 4 nitrogen and oxygen atoms in total. The molecule has 0 aliphatic carbocycles. The van der Waals surface area contributed by atoms with E-state index in [1.165, 1.54) is 0 Å². The van der Waals surface area contributed by atoms with Gasteiger partial charge in [-0.15, -0.1) is 0 Å². The van der Waals surface area contributed by atoms with Crippen LogP contribution in [0.5, 0.6) is 0 Å². The molecule has 0 aromatic carbocycles. The van der Waals surface area contributed by atoms with Crippen molar-refractivity contribution in [2.75, 3.05) is 19.7 Å². The van der Waals surface area contributed by atoms with Crippen LogP contribution in [-0.2, 0) is 4.79 Å². The summed E-state index contributed by atoms with van der Waals surface area (Å²) in [6.07, 6.45) is 1.93. The second-order valence-corrected chi connectivity index (χ2v) is 3.82. The van der Waals surface area contributed by atoms with Crippen LogP contribution < -0.4 is 5.73 Å². The van der Waals surface area contributed by atoms with E-state index in [2.05, 4.69) is 0 Å². The van der Waals surface area contributed by atoms with Gasteiger partial charge in [-0.1, -0.05) is 6.92 Å². The molecule has 1 rings (SSSR count). The van der Waals surface area contributed by atoms with Crippen LogP contribution in [-0.4, -0.2) is 41.7 Å². The van der Waals surface area contributed by atoms with Crippen molar-refractivity contribution < 1.29 is 9.90 Å². The molecule has 0 saturated carbocycles. The van der Waals surface area contributed by atoms with Gasteiger partial charge in [0.15, 0.2) is 0 Å². The van der Waals surface area contributed by atoms with Crippen molar-refractivity contribution in [3.63, 3.8) is 0 Å². The van der Waals surface area contributed by atoms with E-state index in [0.717, 1.165) is 19.4 Å². The number of rotatable bonds is 5. The average molecular weight is 186 g/mol. The molecule has 76 valence electrons. The lowest BCUT2D eigenvalue weighted by Crippen LogP contribution is -2.60. The third-order valence-electron chi connectivity index (χ3n) is 2.48.